The summed E-state index contributed by atoms with van der Waals surface area (Å²) in [5.41, 5.74) is 0. The SMILES string of the molecule is O=[P+](O)Oc1ccccc1.O=[P+](O)Oc1ccccc1. The first kappa shape index (κ1) is 16.2. The minimum atomic E-state index is -2.53. The summed E-state index contributed by atoms with van der Waals surface area (Å²) in [6, 6.07) is 17.0. The van der Waals surface area contributed by atoms with E-state index in [1.54, 1.807) is 60.7 Å². The molecule has 0 aromatic heterocycles. The van der Waals surface area contributed by atoms with E-state index < -0.39 is 16.5 Å². The molecule has 104 valence electrons. The third kappa shape index (κ3) is 7.56. The first-order valence-electron chi connectivity index (χ1n) is 5.36. The molecule has 0 bridgehead atoms. The molecule has 2 aromatic rings. The summed E-state index contributed by atoms with van der Waals surface area (Å²) in [6.45, 7) is 0. The van der Waals surface area contributed by atoms with Crippen LogP contribution in [0, 0.1) is 0 Å². The summed E-state index contributed by atoms with van der Waals surface area (Å²) in [6.07, 6.45) is 0. The van der Waals surface area contributed by atoms with E-state index in [-0.39, 0.29) is 0 Å². The molecular weight excluding hydrogens is 302 g/mol. The molecule has 0 radical (unpaired) electrons. The van der Waals surface area contributed by atoms with Gasteiger partial charge in [0, 0.05) is 9.13 Å². The molecule has 0 aliphatic rings. The van der Waals surface area contributed by atoms with Gasteiger partial charge in [0.25, 0.3) is 0 Å². The lowest BCUT2D eigenvalue weighted by Gasteiger charge is -1.86. The van der Waals surface area contributed by atoms with Crippen LogP contribution in [0.3, 0.4) is 0 Å². The average Bonchev–Trinajstić information content (AvgIpc) is 2.40. The second kappa shape index (κ2) is 9.13. The van der Waals surface area contributed by atoms with Crippen LogP contribution in [0.1, 0.15) is 0 Å². The second-order valence-electron chi connectivity index (χ2n) is 3.28. The summed E-state index contributed by atoms with van der Waals surface area (Å²) < 4.78 is 29.1. The van der Waals surface area contributed by atoms with Crippen LogP contribution in [-0.2, 0) is 9.13 Å². The van der Waals surface area contributed by atoms with Gasteiger partial charge in [0.15, 0.2) is 11.5 Å². The molecule has 0 spiro atoms. The molecule has 2 atom stereocenters. The minimum absolute atomic E-state index is 0.408. The number of rotatable bonds is 4. The molecule has 8 heteroatoms. The zero-order valence-corrected chi connectivity index (χ0v) is 12.0. The predicted octanol–water partition coefficient (Wildman–Crippen LogP) is 3.43. The third-order valence-corrected chi connectivity index (χ3v) is 2.59. The Morgan fingerprint density at radius 3 is 1.20 bits per heavy atom. The van der Waals surface area contributed by atoms with E-state index in [4.69, 9.17) is 9.79 Å². The fourth-order valence-electron chi connectivity index (χ4n) is 1.14. The van der Waals surface area contributed by atoms with Crippen LogP contribution in [0.25, 0.3) is 0 Å². The van der Waals surface area contributed by atoms with E-state index in [1.165, 1.54) is 0 Å². The van der Waals surface area contributed by atoms with Crippen molar-refractivity contribution in [3.8, 4) is 11.5 Å². The van der Waals surface area contributed by atoms with Gasteiger partial charge in [0.05, 0.1) is 0 Å². The maximum atomic E-state index is 10.1. The van der Waals surface area contributed by atoms with Gasteiger partial charge in [-0.05, 0) is 24.3 Å². The zero-order chi connectivity index (χ0) is 14.8. The molecule has 0 aliphatic carbocycles. The summed E-state index contributed by atoms with van der Waals surface area (Å²) in [5.74, 6) is 0.817. The summed E-state index contributed by atoms with van der Waals surface area (Å²) in [5, 5.41) is 0. The molecule has 0 aliphatic heterocycles. The van der Waals surface area contributed by atoms with Crippen LogP contribution >= 0.6 is 16.5 Å². The maximum Gasteiger partial charge on any atom is 0.747 e. The molecule has 0 fully saturated rings. The molecule has 2 aromatic carbocycles. The van der Waals surface area contributed by atoms with Gasteiger partial charge in [-0.15, -0.1) is 9.79 Å². The Hall–Kier alpha value is -1.84. The van der Waals surface area contributed by atoms with E-state index in [2.05, 4.69) is 9.05 Å². The van der Waals surface area contributed by atoms with E-state index in [9.17, 15) is 9.13 Å². The number of benzene rings is 2. The van der Waals surface area contributed by atoms with Crippen molar-refractivity contribution in [2.24, 2.45) is 0 Å². The highest BCUT2D eigenvalue weighted by atomic mass is 31.1. The Morgan fingerprint density at radius 1 is 0.650 bits per heavy atom. The lowest BCUT2D eigenvalue weighted by atomic mass is 10.3. The average molecular weight is 314 g/mol. The van der Waals surface area contributed by atoms with Gasteiger partial charge in [-0.2, -0.15) is 0 Å². The zero-order valence-electron chi connectivity index (χ0n) is 10.2. The van der Waals surface area contributed by atoms with Gasteiger partial charge in [-0.1, -0.05) is 36.4 Å². The molecule has 0 heterocycles. The first-order valence-corrected chi connectivity index (χ1v) is 7.62. The van der Waals surface area contributed by atoms with E-state index in [0.717, 1.165) is 0 Å². The van der Waals surface area contributed by atoms with Gasteiger partial charge in [-0.3, -0.25) is 0 Å². The fraction of sp³-hybridized carbons (Fsp3) is 0. The normalized spacial score (nSPS) is 10.7. The summed E-state index contributed by atoms with van der Waals surface area (Å²) in [7, 11) is -5.05. The molecular formula is C12H12O6P2+2. The van der Waals surface area contributed by atoms with Gasteiger partial charge < -0.3 is 0 Å². The maximum absolute atomic E-state index is 10.1. The van der Waals surface area contributed by atoms with Crippen LogP contribution < -0.4 is 9.05 Å². The molecule has 6 nitrogen and oxygen atoms in total. The largest absolute Gasteiger partial charge is 0.747 e. The lowest BCUT2D eigenvalue weighted by Crippen LogP contribution is -1.77. The van der Waals surface area contributed by atoms with Crippen LogP contribution in [0.15, 0.2) is 60.7 Å². The number of hydrogen-bond donors (Lipinski definition) is 2. The predicted molar refractivity (Wildman–Crippen MR) is 73.8 cm³/mol. The smallest absolute Gasteiger partial charge is 0.229 e. The van der Waals surface area contributed by atoms with Crippen molar-refractivity contribution >= 4 is 16.5 Å². The van der Waals surface area contributed by atoms with Crippen molar-refractivity contribution in [3.05, 3.63) is 60.7 Å². The number of para-hydroxylation sites is 2. The van der Waals surface area contributed by atoms with Gasteiger partial charge in [-0.25, -0.2) is 9.05 Å². The molecule has 2 unspecified atom stereocenters. The van der Waals surface area contributed by atoms with Crippen molar-refractivity contribution < 1.29 is 28.0 Å². The lowest BCUT2D eigenvalue weighted by molar-refractivity contribution is 0.409. The summed E-state index contributed by atoms with van der Waals surface area (Å²) >= 11 is 0. The monoisotopic (exact) mass is 314 g/mol. The quantitative estimate of drug-likeness (QED) is 0.840. The van der Waals surface area contributed by atoms with Crippen molar-refractivity contribution in [3.63, 3.8) is 0 Å². The second-order valence-corrected chi connectivity index (χ2v) is 4.60. The van der Waals surface area contributed by atoms with Crippen molar-refractivity contribution in [1.29, 1.82) is 0 Å². The Kier molecular flexibility index (Phi) is 7.40. The topological polar surface area (TPSA) is 93.1 Å². The van der Waals surface area contributed by atoms with Crippen LogP contribution in [0.4, 0.5) is 0 Å². The van der Waals surface area contributed by atoms with Crippen LogP contribution in [0.2, 0.25) is 0 Å². The number of hydrogen-bond acceptors (Lipinski definition) is 4. The molecule has 0 saturated heterocycles. The summed E-state index contributed by atoms with van der Waals surface area (Å²) in [4.78, 5) is 16.6. The molecule has 2 rings (SSSR count). The van der Waals surface area contributed by atoms with Crippen LogP contribution in [0.5, 0.6) is 11.5 Å². The van der Waals surface area contributed by atoms with E-state index in [0.29, 0.717) is 11.5 Å². The van der Waals surface area contributed by atoms with E-state index >= 15 is 0 Å². The first-order chi connectivity index (χ1) is 9.58. The minimum Gasteiger partial charge on any atom is -0.229 e. The Balaban J connectivity index is 0.000000200. The highest BCUT2D eigenvalue weighted by Gasteiger charge is 2.13. The molecule has 2 N–H and O–H groups in total. The van der Waals surface area contributed by atoms with Crippen molar-refractivity contribution in [2.75, 3.05) is 0 Å². The van der Waals surface area contributed by atoms with E-state index in [1.807, 2.05) is 0 Å². The molecule has 20 heavy (non-hydrogen) atoms. The van der Waals surface area contributed by atoms with Crippen LogP contribution in [-0.4, -0.2) is 9.79 Å². The van der Waals surface area contributed by atoms with Gasteiger partial charge in [0.1, 0.15) is 0 Å². The van der Waals surface area contributed by atoms with Crippen molar-refractivity contribution in [1.82, 2.24) is 0 Å². The van der Waals surface area contributed by atoms with Gasteiger partial charge >= 0.3 is 16.5 Å². The Morgan fingerprint density at radius 2 is 0.950 bits per heavy atom. The fourth-order valence-corrected chi connectivity index (χ4v) is 1.75. The molecule has 0 amide bonds. The van der Waals surface area contributed by atoms with Gasteiger partial charge in [0.2, 0.25) is 0 Å². The standard InChI is InChI=1S/2C6H5O3P/c2*7-10(8)9-6-4-2-1-3-5-6/h2*1-5H/p+2. The highest BCUT2D eigenvalue weighted by molar-refractivity contribution is 7.32. The Labute approximate surface area is 117 Å². The molecule has 0 saturated carbocycles. The third-order valence-electron chi connectivity index (χ3n) is 1.85. The highest BCUT2D eigenvalue weighted by Crippen LogP contribution is 2.21. The Bertz CT molecular complexity index is 495. The van der Waals surface area contributed by atoms with Crippen molar-refractivity contribution in [2.45, 2.75) is 0 Å².